The van der Waals surface area contributed by atoms with Crippen molar-refractivity contribution >= 4 is 6.29 Å². The average Bonchev–Trinajstić information content (AvgIpc) is 2.09. The van der Waals surface area contributed by atoms with Crippen molar-refractivity contribution in [2.75, 3.05) is 7.11 Å². The second-order valence-electron chi connectivity index (χ2n) is 2.50. The van der Waals surface area contributed by atoms with Gasteiger partial charge in [0, 0.05) is 0 Å². The third kappa shape index (κ3) is 1.39. The first-order chi connectivity index (χ1) is 5.69. The summed E-state index contributed by atoms with van der Waals surface area (Å²) in [6, 6.07) is 3.16. The van der Waals surface area contributed by atoms with Crippen molar-refractivity contribution in [1.82, 2.24) is 0 Å². The number of methoxy groups -OCH3 is 1. The van der Waals surface area contributed by atoms with Crippen molar-refractivity contribution in [2.24, 2.45) is 0 Å². The summed E-state index contributed by atoms with van der Waals surface area (Å²) >= 11 is 0. The molecule has 1 aromatic carbocycles. The fourth-order valence-electron chi connectivity index (χ4n) is 0.980. The van der Waals surface area contributed by atoms with Crippen molar-refractivity contribution < 1.29 is 14.6 Å². The molecule has 0 heterocycles. The van der Waals surface area contributed by atoms with E-state index < -0.39 is 0 Å². The quantitative estimate of drug-likeness (QED) is 0.677. The smallest absolute Gasteiger partial charge is 0.153 e. The van der Waals surface area contributed by atoms with Crippen LogP contribution in [-0.4, -0.2) is 18.5 Å². The van der Waals surface area contributed by atoms with Gasteiger partial charge >= 0.3 is 0 Å². The number of carbonyl (C=O) groups excluding carboxylic acids is 1. The maximum Gasteiger partial charge on any atom is 0.153 e. The number of hydrogen-bond acceptors (Lipinski definition) is 3. The van der Waals surface area contributed by atoms with E-state index in [0.29, 0.717) is 17.6 Å². The van der Waals surface area contributed by atoms with Crippen LogP contribution in [0.25, 0.3) is 0 Å². The summed E-state index contributed by atoms with van der Waals surface area (Å²) in [5.41, 5.74) is 0.892. The van der Waals surface area contributed by atoms with Gasteiger partial charge in [-0.2, -0.15) is 0 Å². The van der Waals surface area contributed by atoms with Crippen LogP contribution in [0.4, 0.5) is 0 Å². The van der Waals surface area contributed by atoms with Crippen LogP contribution in [0, 0.1) is 6.92 Å². The predicted molar refractivity (Wildman–Crippen MR) is 44.8 cm³/mol. The van der Waals surface area contributed by atoms with Gasteiger partial charge in [-0.3, -0.25) is 4.79 Å². The number of aldehydes is 1. The molecule has 1 N–H and O–H groups in total. The highest BCUT2D eigenvalue weighted by Crippen LogP contribution is 2.25. The molecule has 0 atom stereocenters. The van der Waals surface area contributed by atoms with Crippen LogP contribution in [0.1, 0.15) is 15.9 Å². The normalized spacial score (nSPS) is 9.50. The summed E-state index contributed by atoms with van der Waals surface area (Å²) in [5, 5.41) is 9.33. The molecule has 0 bridgehead atoms. The van der Waals surface area contributed by atoms with Crippen molar-refractivity contribution in [2.45, 2.75) is 6.92 Å². The van der Waals surface area contributed by atoms with E-state index >= 15 is 0 Å². The first-order valence-electron chi connectivity index (χ1n) is 3.52. The topological polar surface area (TPSA) is 46.5 Å². The number of carbonyl (C=O) groups is 1. The molecular formula is C9H10O3. The molecule has 0 amide bonds. The number of phenolic OH excluding ortho intramolecular Hbond substituents is 1. The Balaban J connectivity index is 3.28. The number of hydrogen-bond donors (Lipinski definition) is 1. The molecule has 0 aromatic heterocycles. The molecule has 12 heavy (non-hydrogen) atoms. The Morgan fingerprint density at radius 3 is 2.67 bits per heavy atom. The van der Waals surface area contributed by atoms with Gasteiger partial charge in [-0.1, -0.05) is 0 Å². The number of aromatic hydroxyl groups is 1. The molecule has 1 aromatic rings. The molecule has 0 spiro atoms. The van der Waals surface area contributed by atoms with Gasteiger partial charge in [-0.05, 0) is 24.6 Å². The van der Waals surface area contributed by atoms with Crippen LogP contribution >= 0.6 is 0 Å². The molecule has 0 saturated carbocycles. The van der Waals surface area contributed by atoms with Gasteiger partial charge in [0.2, 0.25) is 0 Å². The van der Waals surface area contributed by atoms with E-state index in [0.717, 1.165) is 0 Å². The first-order valence-corrected chi connectivity index (χ1v) is 3.52. The van der Waals surface area contributed by atoms with Gasteiger partial charge in [-0.15, -0.1) is 0 Å². The average molecular weight is 166 g/mol. The van der Waals surface area contributed by atoms with Gasteiger partial charge in [0.15, 0.2) is 6.29 Å². The predicted octanol–water partition coefficient (Wildman–Crippen LogP) is 1.52. The molecule has 0 aliphatic rings. The van der Waals surface area contributed by atoms with E-state index in [4.69, 9.17) is 4.74 Å². The second-order valence-corrected chi connectivity index (χ2v) is 2.50. The summed E-state index contributed by atoms with van der Waals surface area (Å²) < 4.78 is 4.92. The lowest BCUT2D eigenvalue weighted by Gasteiger charge is -2.05. The third-order valence-corrected chi connectivity index (χ3v) is 1.67. The van der Waals surface area contributed by atoms with Gasteiger partial charge < -0.3 is 9.84 Å². The van der Waals surface area contributed by atoms with Crippen molar-refractivity contribution in [3.8, 4) is 11.5 Å². The summed E-state index contributed by atoms with van der Waals surface area (Å²) in [5.74, 6) is 0.596. The second kappa shape index (κ2) is 3.26. The van der Waals surface area contributed by atoms with Crippen LogP contribution in [0.2, 0.25) is 0 Å². The number of rotatable bonds is 2. The Morgan fingerprint density at radius 2 is 2.17 bits per heavy atom. The highest BCUT2D eigenvalue weighted by atomic mass is 16.5. The van der Waals surface area contributed by atoms with Crippen LogP contribution < -0.4 is 4.74 Å². The number of benzene rings is 1. The summed E-state index contributed by atoms with van der Waals surface area (Å²) in [6.45, 7) is 1.71. The van der Waals surface area contributed by atoms with E-state index in [-0.39, 0.29) is 11.3 Å². The lowest BCUT2D eigenvalue weighted by atomic mass is 10.1. The highest BCUT2D eigenvalue weighted by Gasteiger charge is 2.05. The molecule has 0 aliphatic carbocycles. The molecule has 0 saturated heterocycles. The standard InChI is InChI=1S/C9H10O3/c1-6-3-8(12-2)4-7(5-10)9(6)11/h3-5,11H,1-2H3. The Kier molecular flexibility index (Phi) is 2.33. The molecule has 3 nitrogen and oxygen atoms in total. The van der Waals surface area contributed by atoms with Crippen LogP contribution in [0.15, 0.2) is 12.1 Å². The molecule has 0 radical (unpaired) electrons. The minimum Gasteiger partial charge on any atom is -0.507 e. The van der Waals surface area contributed by atoms with Gasteiger partial charge in [0.1, 0.15) is 11.5 Å². The first kappa shape index (κ1) is 8.59. The van der Waals surface area contributed by atoms with Gasteiger partial charge in [0.05, 0.1) is 12.7 Å². The Labute approximate surface area is 70.6 Å². The summed E-state index contributed by atoms with van der Waals surface area (Å²) in [4.78, 5) is 10.4. The summed E-state index contributed by atoms with van der Waals surface area (Å²) in [6.07, 6.45) is 0.602. The summed E-state index contributed by atoms with van der Waals surface area (Å²) in [7, 11) is 1.51. The minimum absolute atomic E-state index is 0.0193. The lowest BCUT2D eigenvalue weighted by Crippen LogP contribution is -1.89. The minimum atomic E-state index is 0.0193. The third-order valence-electron chi connectivity index (χ3n) is 1.67. The fourth-order valence-corrected chi connectivity index (χ4v) is 0.980. The zero-order valence-electron chi connectivity index (χ0n) is 7.00. The van der Waals surface area contributed by atoms with Crippen molar-refractivity contribution in [3.05, 3.63) is 23.3 Å². The maximum absolute atomic E-state index is 10.4. The van der Waals surface area contributed by atoms with E-state index in [9.17, 15) is 9.90 Å². The van der Waals surface area contributed by atoms with Gasteiger partial charge in [0.25, 0.3) is 0 Å². The fraction of sp³-hybridized carbons (Fsp3) is 0.222. The Hall–Kier alpha value is -1.51. The molecule has 3 heteroatoms. The number of aryl methyl sites for hydroxylation is 1. The van der Waals surface area contributed by atoms with Crippen LogP contribution in [0.5, 0.6) is 11.5 Å². The SMILES string of the molecule is COc1cc(C)c(O)c(C=O)c1. The van der Waals surface area contributed by atoms with E-state index in [1.54, 1.807) is 13.0 Å². The Bertz CT molecular complexity index is 305. The van der Waals surface area contributed by atoms with E-state index in [2.05, 4.69) is 0 Å². The molecular weight excluding hydrogens is 156 g/mol. The molecule has 1 rings (SSSR count). The van der Waals surface area contributed by atoms with Crippen molar-refractivity contribution in [3.63, 3.8) is 0 Å². The molecule has 64 valence electrons. The van der Waals surface area contributed by atoms with Crippen molar-refractivity contribution in [1.29, 1.82) is 0 Å². The molecule has 0 unspecified atom stereocenters. The highest BCUT2D eigenvalue weighted by molar-refractivity contribution is 5.80. The molecule has 0 aliphatic heterocycles. The largest absolute Gasteiger partial charge is 0.507 e. The van der Waals surface area contributed by atoms with Crippen LogP contribution in [-0.2, 0) is 0 Å². The lowest BCUT2D eigenvalue weighted by molar-refractivity contribution is 0.112. The zero-order chi connectivity index (χ0) is 9.14. The monoisotopic (exact) mass is 166 g/mol. The maximum atomic E-state index is 10.4. The van der Waals surface area contributed by atoms with Crippen LogP contribution in [0.3, 0.4) is 0 Å². The van der Waals surface area contributed by atoms with E-state index in [1.165, 1.54) is 13.2 Å². The Morgan fingerprint density at radius 1 is 1.50 bits per heavy atom. The number of ether oxygens (including phenoxy) is 1. The molecule has 0 fully saturated rings. The number of phenols is 1. The van der Waals surface area contributed by atoms with Gasteiger partial charge in [-0.25, -0.2) is 0 Å². The van der Waals surface area contributed by atoms with E-state index in [1.807, 2.05) is 0 Å². The zero-order valence-corrected chi connectivity index (χ0v) is 7.00.